The lowest BCUT2D eigenvalue weighted by molar-refractivity contribution is 0.0245. The summed E-state index contributed by atoms with van der Waals surface area (Å²) in [6.07, 6.45) is 0.790. The van der Waals surface area contributed by atoms with E-state index in [0.717, 1.165) is 5.56 Å². The van der Waals surface area contributed by atoms with Gasteiger partial charge in [0, 0.05) is 30.5 Å². The van der Waals surface area contributed by atoms with Crippen LogP contribution in [0.3, 0.4) is 0 Å². The number of rotatable bonds is 5. The SMILES string of the molecule is O=C(O)c1cccc(CNC2CC(F)(c3cccc(Cl)c3)C2)c1. The molecule has 23 heavy (non-hydrogen) atoms. The third kappa shape index (κ3) is 3.54. The molecule has 0 atom stereocenters. The molecule has 1 aliphatic carbocycles. The Kier molecular flexibility index (Phi) is 4.37. The van der Waals surface area contributed by atoms with Crippen LogP contribution < -0.4 is 5.32 Å². The van der Waals surface area contributed by atoms with Gasteiger partial charge in [0.2, 0.25) is 0 Å². The third-order valence-electron chi connectivity index (χ3n) is 4.25. The molecule has 0 spiro atoms. The van der Waals surface area contributed by atoms with E-state index in [0.29, 0.717) is 30.0 Å². The topological polar surface area (TPSA) is 49.3 Å². The Morgan fingerprint density at radius 2 is 2.00 bits per heavy atom. The summed E-state index contributed by atoms with van der Waals surface area (Å²) in [6, 6.07) is 13.8. The first-order valence-electron chi connectivity index (χ1n) is 7.47. The molecule has 5 heteroatoms. The van der Waals surface area contributed by atoms with E-state index in [2.05, 4.69) is 5.32 Å². The van der Waals surface area contributed by atoms with Crippen LogP contribution in [0, 0.1) is 0 Å². The zero-order chi connectivity index (χ0) is 16.4. The third-order valence-corrected chi connectivity index (χ3v) is 4.49. The van der Waals surface area contributed by atoms with E-state index in [9.17, 15) is 9.18 Å². The summed E-state index contributed by atoms with van der Waals surface area (Å²) in [6.45, 7) is 0.525. The first-order valence-corrected chi connectivity index (χ1v) is 7.85. The van der Waals surface area contributed by atoms with Crippen molar-refractivity contribution < 1.29 is 14.3 Å². The lowest BCUT2D eigenvalue weighted by Crippen LogP contribution is -2.48. The van der Waals surface area contributed by atoms with Gasteiger partial charge in [-0.2, -0.15) is 0 Å². The average Bonchev–Trinajstić information content (AvgIpc) is 2.50. The van der Waals surface area contributed by atoms with Crippen molar-refractivity contribution in [3.63, 3.8) is 0 Å². The maximum Gasteiger partial charge on any atom is 0.335 e. The second-order valence-corrected chi connectivity index (χ2v) is 6.40. The highest BCUT2D eigenvalue weighted by Gasteiger charge is 2.45. The predicted octanol–water partition coefficient (Wildman–Crippen LogP) is 4.16. The second-order valence-electron chi connectivity index (χ2n) is 5.97. The molecule has 2 aromatic rings. The summed E-state index contributed by atoms with van der Waals surface area (Å²) in [4.78, 5) is 10.9. The average molecular weight is 334 g/mol. The molecule has 0 heterocycles. The van der Waals surface area contributed by atoms with Crippen LogP contribution in [0.15, 0.2) is 48.5 Å². The van der Waals surface area contributed by atoms with Crippen molar-refractivity contribution in [1.29, 1.82) is 0 Å². The highest BCUT2D eigenvalue weighted by Crippen LogP contribution is 2.45. The number of carboxylic acids is 1. The van der Waals surface area contributed by atoms with Crippen LogP contribution in [0.25, 0.3) is 0 Å². The van der Waals surface area contributed by atoms with E-state index in [1.165, 1.54) is 0 Å². The molecule has 0 aromatic heterocycles. The molecule has 2 aromatic carbocycles. The zero-order valence-corrected chi connectivity index (χ0v) is 13.2. The quantitative estimate of drug-likeness (QED) is 0.864. The summed E-state index contributed by atoms with van der Waals surface area (Å²) < 4.78 is 14.8. The van der Waals surface area contributed by atoms with Crippen molar-refractivity contribution in [2.45, 2.75) is 31.1 Å². The molecular formula is C18H17ClFNO2. The van der Waals surface area contributed by atoms with Crippen molar-refractivity contribution in [2.24, 2.45) is 0 Å². The fourth-order valence-corrected chi connectivity index (χ4v) is 3.14. The molecule has 2 N–H and O–H groups in total. The van der Waals surface area contributed by atoms with Gasteiger partial charge in [0.15, 0.2) is 0 Å². The molecule has 1 fully saturated rings. The molecule has 0 unspecified atom stereocenters. The summed E-state index contributed by atoms with van der Waals surface area (Å²) in [5.74, 6) is -0.945. The van der Waals surface area contributed by atoms with Gasteiger partial charge in [-0.05, 0) is 35.4 Å². The van der Waals surface area contributed by atoms with E-state index in [4.69, 9.17) is 16.7 Å². The van der Waals surface area contributed by atoms with Crippen molar-refractivity contribution in [1.82, 2.24) is 5.32 Å². The first-order chi connectivity index (χ1) is 11.0. The minimum absolute atomic E-state index is 0.0764. The molecule has 1 aliphatic rings. The van der Waals surface area contributed by atoms with Gasteiger partial charge in [-0.1, -0.05) is 35.9 Å². The van der Waals surface area contributed by atoms with Gasteiger partial charge < -0.3 is 10.4 Å². The Morgan fingerprint density at radius 3 is 2.70 bits per heavy atom. The minimum atomic E-state index is -1.33. The lowest BCUT2D eigenvalue weighted by atomic mass is 9.73. The zero-order valence-electron chi connectivity index (χ0n) is 12.4. The number of carbonyl (C=O) groups is 1. The largest absolute Gasteiger partial charge is 0.478 e. The van der Waals surface area contributed by atoms with E-state index >= 15 is 0 Å². The Balaban J connectivity index is 1.56. The number of aromatic carboxylic acids is 1. The highest BCUT2D eigenvalue weighted by molar-refractivity contribution is 6.30. The van der Waals surface area contributed by atoms with Gasteiger partial charge in [-0.15, -0.1) is 0 Å². The summed E-state index contributed by atoms with van der Waals surface area (Å²) in [7, 11) is 0. The van der Waals surface area contributed by atoms with Crippen molar-refractivity contribution in [3.05, 3.63) is 70.2 Å². The molecular weight excluding hydrogens is 317 g/mol. The van der Waals surface area contributed by atoms with Crippen LogP contribution in [0.1, 0.15) is 34.3 Å². The molecule has 0 saturated heterocycles. The molecule has 1 saturated carbocycles. The minimum Gasteiger partial charge on any atom is -0.478 e. The van der Waals surface area contributed by atoms with E-state index < -0.39 is 11.6 Å². The monoisotopic (exact) mass is 333 g/mol. The normalized spacial score (nSPS) is 23.3. The number of hydrogen-bond acceptors (Lipinski definition) is 2. The molecule has 0 bridgehead atoms. The number of carboxylic acid groups (broad SMARTS) is 1. The molecule has 3 rings (SSSR count). The van der Waals surface area contributed by atoms with E-state index in [1.54, 1.807) is 42.5 Å². The van der Waals surface area contributed by atoms with Crippen LogP contribution in [-0.4, -0.2) is 17.1 Å². The van der Waals surface area contributed by atoms with Gasteiger partial charge in [0.05, 0.1) is 5.56 Å². The smallest absolute Gasteiger partial charge is 0.335 e. The Hall–Kier alpha value is -1.91. The number of benzene rings is 2. The predicted molar refractivity (Wildman–Crippen MR) is 87.5 cm³/mol. The first kappa shape index (κ1) is 16.0. The van der Waals surface area contributed by atoms with Crippen LogP contribution in [0.4, 0.5) is 4.39 Å². The van der Waals surface area contributed by atoms with Crippen molar-refractivity contribution in [2.75, 3.05) is 0 Å². The van der Waals surface area contributed by atoms with Crippen LogP contribution >= 0.6 is 11.6 Å². The Bertz CT molecular complexity index is 728. The van der Waals surface area contributed by atoms with Crippen molar-refractivity contribution in [3.8, 4) is 0 Å². The maximum absolute atomic E-state index is 14.8. The summed E-state index contributed by atoms with van der Waals surface area (Å²) in [5.41, 5.74) is 0.433. The van der Waals surface area contributed by atoms with E-state index in [1.807, 2.05) is 6.07 Å². The number of nitrogens with one attached hydrogen (secondary N) is 1. The number of hydrogen-bond donors (Lipinski definition) is 2. The van der Waals surface area contributed by atoms with Crippen LogP contribution in [-0.2, 0) is 12.2 Å². The standard InChI is InChI=1S/C18H17ClFNO2/c19-15-6-2-5-14(8-15)18(20)9-16(10-18)21-11-12-3-1-4-13(7-12)17(22)23/h1-8,16,21H,9-11H2,(H,22,23). The van der Waals surface area contributed by atoms with Gasteiger partial charge in [-0.3, -0.25) is 0 Å². The molecule has 0 aliphatic heterocycles. The van der Waals surface area contributed by atoms with Crippen LogP contribution in [0.2, 0.25) is 5.02 Å². The fourth-order valence-electron chi connectivity index (χ4n) is 2.95. The molecule has 120 valence electrons. The number of alkyl halides is 1. The van der Waals surface area contributed by atoms with Crippen LogP contribution in [0.5, 0.6) is 0 Å². The Labute approximate surface area is 139 Å². The second kappa shape index (κ2) is 6.30. The molecule has 0 radical (unpaired) electrons. The summed E-state index contributed by atoms with van der Waals surface area (Å²) >= 11 is 5.92. The lowest BCUT2D eigenvalue weighted by Gasteiger charge is -2.42. The van der Waals surface area contributed by atoms with Gasteiger partial charge in [0.1, 0.15) is 5.67 Å². The Morgan fingerprint density at radius 1 is 1.26 bits per heavy atom. The molecule has 3 nitrogen and oxygen atoms in total. The molecule has 0 amide bonds. The van der Waals surface area contributed by atoms with Gasteiger partial charge in [-0.25, -0.2) is 9.18 Å². The van der Waals surface area contributed by atoms with Gasteiger partial charge >= 0.3 is 5.97 Å². The van der Waals surface area contributed by atoms with Gasteiger partial charge in [0.25, 0.3) is 0 Å². The fraction of sp³-hybridized carbons (Fsp3) is 0.278. The summed E-state index contributed by atoms with van der Waals surface area (Å²) in [5, 5.41) is 12.8. The van der Waals surface area contributed by atoms with E-state index in [-0.39, 0.29) is 11.6 Å². The number of halogens is 2. The highest BCUT2D eigenvalue weighted by atomic mass is 35.5. The van der Waals surface area contributed by atoms with Crippen molar-refractivity contribution >= 4 is 17.6 Å². The maximum atomic E-state index is 14.8.